The van der Waals surface area contributed by atoms with Crippen LogP contribution in [0.5, 0.6) is 0 Å². The summed E-state index contributed by atoms with van der Waals surface area (Å²) in [6.07, 6.45) is 1.13. The second-order valence-corrected chi connectivity index (χ2v) is 7.02. The number of thiophene rings is 1. The molecule has 2 rings (SSSR count). The molecule has 0 amide bonds. The van der Waals surface area contributed by atoms with Gasteiger partial charge in [0.05, 0.1) is 6.04 Å². The monoisotopic (exact) mass is 307 g/mol. The van der Waals surface area contributed by atoms with Crippen LogP contribution < -0.4 is 5.32 Å². The number of halogens is 1. The Labute approximate surface area is 131 Å². The van der Waals surface area contributed by atoms with Crippen LogP contribution in [0.2, 0.25) is 5.02 Å². The topological polar surface area (TPSA) is 12.0 Å². The van der Waals surface area contributed by atoms with Crippen molar-refractivity contribution in [3.63, 3.8) is 0 Å². The molecule has 1 atom stereocenters. The van der Waals surface area contributed by atoms with Crippen molar-refractivity contribution in [2.24, 2.45) is 0 Å². The van der Waals surface area contributed by atoms with Crippen molar-refractivity contribution >= 4 is 22.9 Å². The highest BCUT2D eigenvalue weighted by molar-refractivity contribution is 7.12. The summed E-state index contributed by atoms with van der Waals surface area (Å²) < 4.78 is 0. The van der Waals surface area contributed by atoms with E-state index in [0.717, 1.165) is 23.6 Å². The number of benzene rings is 1. The predicted molar refractivity (Wildman–Crippen MR) is 90.1 cm³/mol. The van der Waals surface area contributed by atoms with Crippen LogP contribution in [0.15, 0.2) is 24.3 Å². The number of nitrogens with one attached hydrogen (secondary N) is 1. The summed E-state index contributed by atoms with van der Waals surface area (Å²) in [5.41, 5.74) is 3.73. The van der Waals surface area contributed by atoms with E-state index >= 15 is 0 Å². The van der Waals surface area contributed by atoms with Gasteiger partial charge in [-0.3, -0.25) is 0 Å². The van der Waals surface area contributed by atoms with Crippen LogP contribution in [0.1, 0.15) is 45.8 Å². The van der Waals surface area contributed by atoms with E-state index in [1.807, 2.05) is 11.3 Å². The smallest absolute Gasteiger partial charge is 0.0673 e. The molecular formula is C17H22ClNS. The van der Waals surface area contributed by atoms with Gasteiger partial charge in [-0.1, -0.05) is 24.6 Å². The summed E-state index contributed by atoms with van der Waals surface area (Å²) in [5, 5.41) is 4.52. The first-order valence-electron chi connectivity index (χ1n) is 7.09. The molecule has 20 heavy (non-hydrogen) atoms. The summed E-state index contributed by atoms with van der Waals surface area (Å²) in [6, 6.07) is 8.99. The van der Waals surface area contributed by atoms with Gasteiger partial charge in [0.15, 0.2) is 0 Å². The van der Waals surface area contributed by atoms with Gasteiger partial charge in [-0.05, 0) is 68.6 Å². The van der Waals surface area contributed by atoms with Crippen LogP contribution in [0, 0.1) is 20.8 Å². The van der Waals surface area contributed by atoms with E-state index < -0.39 is 0 Å². The van der Waals surface area contributed by atoms with Gasteiger partial charge in [-0.15, -0.1) is 11.3 Å². The summed E-state index contributed by atoms with van der Waals surface area (Å²) in [5.74, 6) is 0. The molecule has 1 unspecified atom stereocenters. The van der Waals surface area contributed by atoms with E-state index in [9.17, 15) is 0 Å². The third-order valence-electron chi connectivity index (χ3n) is 3.50. The molecular weight excluding hydrogens is 286 g/mol. The lowest BCUT2D eigenvalue weighted by Crippen LogP contribution is -2.23. The quantitative estimate of drug-likeness (QED) is 0.778. The largest absolute Gasteiger partial charge is 0.306 e. The Balaban J connectivity index is 2.43. The Kier molecular flexibility index (Phi) is 5.25. The summed E-state index contributed by atoms with van der Waals surface area (Å²) in [7, 11) is 0. The van der Waals surface area contributed by atoms with Gasteiger partial charge in [-0.25, -0.2) is 0 Å². The van der Waals surface area contributed by atoms with Crippen LogP contribution in [0.3, 0.4) is 0 Å². The fourth-order valence-electron chi connectivity index (χ4n) is 2.38. The lowest BCUT2D eigenvalue weighted by molar-refractivity contribution is 0.603. The molecule has 0 aliphatic rings. The van der Waals surface area contributed by atoms with Gasteiger partial charge in [0.1, 0.15) is 0 Å². The minimum absolute atomic E-state index is 0.268. The third kappa shape index (κ3) is 3.43. The van der Waals surface area contributed by atoms with Crippen LogP contribution in [-0.4, -0.2) is 6.54 Å². The highest BCUT2D eigenvalue weighted by Gasteiger charge is 2.18. The number of hydrogen-bond donors (Lipinski definition) is 1. The minimum atomic E-state index is 0.268. The standard InChI is InChI=1S/C17H22ClNS/c1-5-8-19-17(16-7-6-13(4)20-16)14-9-12(3)15(18)10-11(14)2/h6-7,9-10,17,19H,5,8H2,1-4H3. The molecule has 0 fully saturated rings. The third-order valence-corrected chi connectivity index (χ3v) is 4.98. The van der Waals surface area contributed by atoms with Gasteiger partial charge < -0.3 is 5.32 Å². The molecule has 1 aromatic carbocycles. The Morgan fingerprint density at radius 1 is 1.15 bits per heavy atom. The van der Waals surface area contributed by atoms with Gasteiger partial charge in [0.25, 0.3) is 0 Å². The zero-order valence-electron chi connectivity index (χ0n) is 12.6. The number of hydrogen-bond acceptors (Lipinski definition) is 2. The molecule has 0 aliphatic carbocycles. The SMILES string of the molecule is CCCNC(c1ccc(C)s1)c1cc(C)c(Cl)cc1C. The van der Waals surface area contributed by atoms with Crippen molar-refractivity contribution < 1.29 is 0 Å². The van der Waals surface area contributed by atoms with E-state index in [1.165, 1.54) is 20.9 Å². The molecule has 1 heterocycles. The first-order valence-corrected chi connectivity index (χ1v) is 8.28. The average molecular weight is 308 g/mol. The summed E-state index contributed by atoms with van der Waals surface area (Å²) >= 11 is 8.09. The highest BCUT2D eigenvalue weighted by Crippen LogP contribution is 2.32. The van der Waals surface area contributed by atoms with E-state index in [1.54, 1.807) is 0 Å². The number of rotatable bonds is 5. The minimum Gasteiger partial charge on any atom is -0.306 e. The second kappa shape index (κ2) is 6.75. The maximum atomic E-state index is 6.23. The van der Waals surface area contributed by atoms with Crippen molar-refractivity contribution in [2.75, 3.05) is 6.54 Å². The Morgan fingerprint density at radius 2 is 1.90 bits per heavy atom. The number of aryl methyl sites for hydroxylation is 3. The zero-order valence-corrected chi connectivity index (χ0v) is 14.2. The first kappa shape index (κ1) is 15.6. The lowest BCUT2D eigenvalue weighted by atomic mass is 9.97. The van der Waals surface area contributed by atoms with E-state index in [0.29, 0.717) is 0 Å². The Morgan fingerprint density at radius 3 is 2.50 bits per heavy atom. The van der Waals surface area contributed by atoms with Crippen molar-refractivity contribution in [3.8, 4) is 0 Å². The fraction of sp³-hybridized carbons (Fsp3) is 0.412. The predicted octanol–water partition coefficient (Wildman–Crippen LogP) is 5.42. The first-order chi connectivity index (χ1) is 9.52. The van der Waals surface area contributed by atoms with Gasteiger partial charge in [0.2, 0.25) is 0 Å². The normalized spacial score (nSPS) is 12.7. The molecule has 0 radical (unpaired) electrons. The molecule has 0 saturated heterocycles. The molecule has 1 N–H and O–H groups in total. The maximum Gasteiger partial charge on any atom is 0.0673 e. The molecule has 1 nitrogen and oxygen atoms in total. The molecule has 0 saturated carbocycles. The van der Waals surface area contributed by atoms with Gasteiger partial charge >= 0.3 is 0 Å². The van der Waals surface area contributed by atoms with Crippen molar-refractivity contribution in [2.45, 2.75) is 40.2 Å². The summed E-state index contributed by atoms with van der Waals surface area (Å²) in [4.78, 5) is 2.73. The fourth-order valence-corrected chi connectivity index (χ4v) is 3.57. The zero-order chi connectivity index (χ0) is 14.7. The van der Waals surface area contributed by atoms with Crippen molar-refractivity contribution in [3.05, 3.63) is 55.7 Å². The summed E-state index contributed by atoms with van der Waals surface area (Å²) in [6.45, 7) is 9.58. The van der Waals surface area contributed by atoms with E-state index in [4.69, 9.17) is 11.6 Å². The van der Waals surface area contributed by atoms with Gasteiger partial charge in [-0.2, -0.15) is 0 Å². The van der Waals surface area contributed by atoms with Crippen molar-refractivity contribution in [1.29, 1.82) is 0 Å². The molecule has 2 aromatic rings. The molecule has 0 bridgehead atoms. The molecule has 0 aliphatic heterocycles. The molecule has 1 aromatic heterocycles. The molecule has 3 heteroatoms. The average Bonchev–Trinajstić information content (AvgIpc) is 2.82. The Bertz CT molecular complexity index is 589. The van der Waals surface area contributed by atoms with Crippen LogP contribution in [0.25, 0.3) is 0 Å². The highest BCUT2D eigenvalue weighted by atomic mass is 35.5. The molecule has 108 valence electrons. The second-order valence-electron chi connectivity index (χ2n) is 5.29. The van der Waals surface area contributed by atoms with E-state index in [-0.39, 0.29) is 6.04 Å². The lowest BCUT2D eigenvalue weighted by Gasteiger charge is -2.21. The van der Waals surface area contributed by atoms with Crippen molar-refractivity contribution in [1.82, 2.24) is 5.32 Å². The van der Waals surface area contributed by atoms with Gasteiger partial charge in [0, 0.05) is 14.8 Å². The van der Waals surface area contributed by atoms with Crippen LogP contribution >= 0.6 is 22.9 Å². The van der Waals surface area contributed by atoms with Crippen LogP contribution in [-0.2, 0) is 0 Å². The Hall–Kier alpha value is -0.830. The molecule has 0 spiro atoms. The van der Waals surface area contributed by atoms with E-state index in [2.05, 4.69) is 57.3 Å². The maximum absolute atomic E-state index is 6.23. The van der Waals surface area contributed by atoms with Crippen LogP contribution in [0.4, 0.5) is 0 Å².